The Morgan fingerprint density at radius 3 is 2.64 bits per heavy atom. The van der Waals surface area contributed by atoms with Gasteiger partial charge in [0.05, 0.1) is 6.04 Å². The quantitative estimate of drug-likeness (QED) is 0.435. The van der Waals surface area contributed by atoms with Gasteiger partial charge in [-0.2, -0.15) is 0 Å². The average Bonchev–Trinajstić information content (AvgIpc) is 1.86. The first kappa shape index (κ1) is 9.86. The van der Waals surface area contributed by atoms with Crippen molar-refractivity contribution in [2.24, 2.45) is 5.73 Å². The second kappa shape index (κ2) is 4.64. The lowest BCUT2D eigenvalue weighted by molar-refractivity contribution is -0.149. The van der Waals surface area contributed by atoms with E-state index in [2.05, 4.69) is 4.84 Å². The summed E-state index contributed by atoms with van der Waals surface area (Å²) < 4.78 is 0. The van der Waals surface area contributed by atoms with E-state index < -0.39 is 24.5 Å². The highest BCUT2D eigenvalue weighted by Crippen LogP contribution is 1.75. The first-order chi connectivity index (χ1) is 5.04. The van der Waals surface area contributed by atoms with Crippen LogP contribution in [0.15, 0.2) is 0 Å². The number of nitrogens with one attached hydrogen (secondary N) is 1. The molecule has 4 N–H and O–H groups in total. The summed E-state index contributed by atoms with van der Waals surface area (Å²) in [5, 5.41) is 8.06. The van der Waals surface area contributed by atoms with Gasteiger partial charge >= 0.3 is 5.97 Å². The third kappa shape index (κ3) is 5.31. The molecule has 0 bridgehead atoms. The maximum Gasteiger partial charge on any atom is 0.332 e. The third-order valence-corrected chi connectivity index (χ3v) is 0.782. The molecule has 64 valence electrons. The van der Waals surface area contributed by atoms with Gasteiger partial charge in [0.1, 0.15) is 0 Å². The number of rotatable bonds is 4. The standard InChI is InChI=1S/C5H10N2O4/c1-3(6)5(10)7-11-2-4(8)9/h3H,2,6H2,1H3,(H,7,10)(H,8,9)/t3-/m1/s1. The van der Waals surface area contributed by atoms with Crippen LogP contribution in [-0.2, 0) is 14.4 Å². The average molecular weight is 162 g/mol. The van der Waals surface area contributed by atoms with E-state index in [1.807, 2.05) is 5.48 Å². The highest BCUT2D eigenvalue weighted by Gasteiger charge is 2.06. The Balaban J connectivity index is 3.39. The summed E-state index contributed by atoms with van der Waals surface area (Å²) in [4.78, 5) is 24.7. The predicted molar refractivity (Wildman–Crippen MR) is 35.4 cm³/mol. The molecule has 0 rings (SSSR count). The molecule has 0 unspecified atom stereocenters. The van der Waals surface area contributed by atoms with Gasteiger partial charge in [0.25, 0.3) is 5.91 Å². The van der Waals surface area contributed by atoms with Crippen molar-refractivity contribution in [3.8, 4) is 0 Å². The molecule has 0 aliphatic carbocycles. The van der Waals surface area contributed by atoms with Crippen LogP contribution in [0.1, 0.15) is 6.92 Å². The number of amides is 1. The van der Waals surface area contributed by atoms with E-state index in [0.29, 0.717) is 0 Å². The number of carboxylic acids is 1. The van der Waals surface area contributed by atoms with Crippen LogP contribution in [-0.4, -0.2) is 29.6 Å². The Hall–Kier alpha value is -1.14. The SMILES string of the molecule is C[C@@H](N)C(=O)NOCC(=O)O. The van der Waals surface area contributed by atoms with Gasteiger partial charge in [0, 0.05) is 0 Å². The molecular weight excluding hydrogens is 152 g/mol. The van der Waals surface area contributed by atoms with E-state index in [1.165, 1.54) is 6.92 Å². The fourth-order valence-corrected chi connectivity index (χ4v) is 0.262. The van der Waals surface area contributed by atoms with E-state index in [9.17, 15) is 9.59 Å². The highest BCUT2D eigenvalue weighted by atomic mass is 16.7. The zero-order chi connectivity index (χ0) is 8.85. The van der Waals surface area contributed by atoms with Gasteiger partial charge in [-0.05, 0) is 6.92 Å². The van der Waals surface area contributed by atoms with Crippen LogP contribution >= 0.6 is 0 Å². The molecule has 6 nitrogen and oxygen atoms in total. The minimum absolute atomic E-state index is 0.550. The second-order valence-corrected chi connectivity index (χ2v) is 1.94. The van der Waals surface area contributed by atoms with Crippen LogP contribution in [0.5, 0.6) is 0 Å². The first-order valence-electron chi connectivity index (χ1n) is 2.93. The van der Waals surface area contributed by atoms with Crippen molar-refractivity contribution in [1.29, 1.82) is 0 Å². The van der Waals surface area contributed by atoms with Crippen molar-refractivity contribution in [2.75, 3.05) is 6.61 Å². The maximum absolute atomic E-state index is 10.6. The number of aliphatic carboxylic acids is 1. The largest absolute Gasteiger partial charge is 0.479 e. The Morgan fingerprint density at radius 2 is 2.27 bits per heavy atom. The van der Waals surface area contributed by atoms with Gasteiger partial charge in [0.2, 0.25) is 0 Å². The smallest absolute Gasteiger partial charge is 0.332 e. The van der Waals surface area contributed by atoms with E-state index in [0.717, 1.165) is 0 Å². The van der Waals surface area contributed by atoms with E-state index >= 15 is 0 Å². The fraction of sp³-hybridized carbons (Fsp3) is 0.600. The molecule has 1 amide bonds. The third-order valence-electron chi connectivity index (χ3n) is 0.782. The summed E-state index contributed by atoms with van der Waals surface area (Å²) >= 11 is 0. The normalized spacial score (nSPS) is 12.2. The number of nitrogens with two attached hydrogens (primary N) is 1. The highest BCUT2D eigenvalue weighted by molar-refractivity contribution is 5.80. The molecule has 0 aromatic rings. The molecule has 0 radical (unpaired) electrons. The van der Waals surface area contributed by atoms with Crippen LogP contribution in [0.25, 0.3) is 0 Å². The van der Waals surface area contributed by atoms with Crippen LogP contribution < -0.4 is 11.2 Å². The molecular formula is C5H10N2O4. The van der Waals surface area contributed by atoms with Crippen molar-refractivity contribution in [2.45, 2.75) is 13.0 Å². The minimum Gasteiger partial charge on any atom is -0.479 e. The summed E-state index contributed by atoms with van der Waals surface area (Å²) in [5.41, 5.74) is 6.98. The predicted octanol–water partition coefficient (Wildman–Crippen LogP) is -1.53. The lowest BCUT2D eigenvalue weighted by Gasteiger charge is -2.05. The van der Waals surface area contributed by atoms with Crippen molar-refractivity contribution in [1.82, 2.24) is 5.48 Å². The Bertz CT molecular complexity index is 157. The number of hydrogen-bond donors (Lipinski definition) is 3. The summed E-state index contributed by atoms with van der Waals surface area (Å²) in [5.74, 6) is -1.71. The number of carbonyl (C=O) groups is 2. The second-order valence-electron chi connectivity index (χ2n) is 1.94. The van der Waals surface area contributed by atoms with Crippen LogP contribution in [0, 0.1) is 0 Å². The molecule has 6 heteroatoms. The van der Waals surface area contributed by atoms with E-state index in [-0.39, 0.29) is 0 Å². The molecule has 0 aliphatic rings. The van der Waals surface area contributed by atoms with E-state index in [4.69, 9.17) is 10.8 Å². The zero-order valence-electron chi connectivity index (χ0n) is 6.03. The van der Waals surface area contributed by atoms with Gasteiger partial charge in [-0.3, -0.25) is 9.63 Å². The topological polar surface area (TPSA) is 102 Å². The first-order valence-corrected chi connectivity index (χ1v) is 2.93. The van der Waals surface area contributed by atoms with Crippen LogP contribution in [0.2, 0.25) is 0 Å². The van der Waals surface area contributed by atoms with Crippen LogP contribution in [0.4, 0.5) is 0 Å². The zero-order valence-corrected chi connectivity index (χ0v) is 6.03. The molecule has 0 fully saturated rings. The molecule has 0 aromatic heterocycles. The van der Waals surface area contributed by atoms with Crippen molar-refractivity contribution in [3.05, 3.63) is 0 Å². The monoisotopic (exact) mass is 162 g/mol. The molecule has 0 aromatic carbocycles. The molecule has 1 atom stereocenters. The molecule has 0 spiro atoms. The Kier molecular flexibility index (Phi) is 4.16. The van der Waals surface area contributed by atoms with Crippen LogP contribution in [0.3, 0.4) is 0 Å². The van der Waals surface area contributed by atoms with E-state index in [1.54, 1.807) is 0 Å². The van der Waals surface area contributed by atoms with Gasteiger partial charge < -0.3 is 10.8 Å². The molecule has 0 saturated heterocycles. The summed E-state index contributed by atoms with van der Waals surface area (Å²) in [6.45, 7) is 0.887. The lowest BCUT2D eigenvalue weighted by atomic mass is 10.4. The Morgan fingerprint density at radius 1 is 1.73 bits per heavy atom. The number of hydroxylamine groups is 1. The molecule has 0 heterocycles. The van der Waals surface area contributed by atoms with Gasteiger partial charge in [-0.15, -0.1) is 0 Å². The van der Waals surface area contributed by atoms with Gasteiger partial charge in [-0.25, -0.2) is 10.3 Å². The maximum atomic E-state index is 10.6. The fourth-order valence-electron chi connectivity index (χ4n) is 0.262. The molecule has 11 heavy (non-hydrogen) atoms. The summed E-state index contributed by atoms with van der Waals surface area (Å²) in [6, 6.07) is -0.705. The molecule has 0 saturated carbocycles. The van der Waals surface area contributed by atoms with Crippen molar-refractivity contribution in [3.63, 3.8) is 0 Å². The number of carboxylic acid groups (broad SMARTS) is 1. The molecule has 0 aliphatic heterocycles. The lowest BCUT2D eigenvalue weighted by Crippen LogP contribution is -2.39. The van der Waals surface area contributed by atoms with Crippen molar-refractivity contribution >= 4 is 11.9 Å². The summed E-state index contributed by atoms with van der Waals surface area (Å²) in [7, 11) is 0. The Labute approximate surface area is 63.3 Å². The van der Waals surface area contributed by atoms with Crippen molar-refractivity contribution < 1.29 is 19.5 Å². The van der Waals surface area contributed by atoms with Gasteiger partial charge in [-0.1, -0.05) is 0 Å². The van der Waals surface area contributed by atoms with Gasteiger partial charge in [0.15, 0.2) is 6.61 Å². The number of carbonyl (C=O) groups excluding carboxylic acids is 1. The number of hydrogen-bond acceptors (Lipinski definition) is 4. The minimum atomic E-state index is -1.16. The summed E-state index contributed by atoms with van der Waals surface area (Å²) in [6.07, 6.45) is 0.